The number of hydrogen-bond donors (Lipinski definition) is 0. The molecule has 2 heterocycles. The van der Waals surface area contributed by atoms with E-state index in [1.54, 1.807) is 7.11 Å². The smallest absolute Gasteiger partial charge is 0.123 e. The normalized spacial score (nSPS) is 18.7. The Bertz CT molecular complexity index is 608. The summed E-state index contributed by atoms with van der Waals surface area (Å²) in [6.07, 6.45) is 2.09. The zero-order chi connectivity index (χ0) is 14.8. The van der Waals surface area contributed by atoms with Crippen molar-refractivity contribution in [3.63, 3.8) is 0 Å². The molecule has 1 aliphatic heterocycles. The van der Waals surface area contributed by atoms with Crippen LogP contribution in [0.5, 0.6) is 0 Å². The largest absolute Gasteiger partial charge is 0.384 e. The van der Waals surface area contributed by atoms with Gasteiger partial charge in [-0.1, -0.05) is 12.1 Å². The zero-order valence-electron chi connectivity index (χ0n) is 12.4. The monoisotopic (exact) mass is 289 g/mol. The van der Waals surface area contributed by atoms with Crippen LogP contribution in [0.2, 0.25) is 0 Å². The second-order valence-corrected chi connectivity index (χ2v) is 5.65. The third-order valence-electron chi connectivity index (χ3n) is 3.92. The molecule has 3 rings (SSSR count). The number of fused-ring (bicyclic) bond motifs is 1. The molecule has 0 saturated heterocycles. The number of benzene rings is 1. The summed E-state index contributed by atoms with van der Waals surface area (Å²) in [5.41, 5.74) is 3.52. The van der Waals surface area contributed by atoms with E-state index in [0.29, 0.717) is 12.5 Å². The molecule has 1 aromatic carbocycles. The van der Waals surface area contributed by atoms with Crippen LogP contribution in [0.15, 0.2) is 30.5 Å². The molecule has 2 aromatic rings. The van der Waals surface area contributed by atoms with Crippen LogP contribution in [0, 0.1) is 5.82 Å². The Morgan fingerprint density at radius 1 is 1.33 bits per heavy atom. The SMILES string of the molecule is COCC1CN(Cc2ccc(F)cc2)Cc2nn(C)cc21. The van der Waals surface area contributed by atoms with E-state index < -0.39 is 0 Å². The fourth-order valence-corrected chi connectivity index (χ4v) is 3.02. The van der Waals surface area contributed by atoms with Gasteiger partial charge in [0.05, 0.1) is 12.3 Å². The van der Waals surface area contributed by atoms with Crippen LogP contribution in [-0.4, -0.2) is 34.9 Å². The Kier molecular flexibility index (Phi) is 4.03. The van der Waals surface area contributed by atoms with E-state index in [4.69, 9.17) is 4.74 Å². The molecule has 112 valence electrons. The molecule has 5 heteroatoms. The summed E-state index contributed by atoms with van der Waals surface area (Å²) in [5.74, 6) is 0.148. The minimum absolute atomic E-state index is 0.193. The number of rotatable bonds is 4. The highest BCUT2D eigenvalue weighted by atomic mass is 19.1. The maximum Gasteiger partial charge on any atom is 0.123 e. The van der Waals surface area contributed by atoms with Gasteiger partial charge in [-0.15, -0.1) is 0 Å². The minimum Gasteiger partial charge on any atom is -0.384 e. The van der Waals surface area contributed by atoms with E-state index in [9.17, 15) is 4.39 Å². The Hall–Kier alpha value is -1.72. The van der Waals surface area contributed by atoms with E-state index in [2.05, 4.69) is 16.2 Å². The van der Waals surface area contributed by atoms with Crippen LogP contribution < -0.4 is 0 Å². The van der Waals surface area contributed by atoms with Crippen molar-refractivity contribution >= 4 is 0 Å². The molecule has 4 nitrogen and oxygen atoms in total. The molecule has 0 aliphatic carbocycles. The Morgan fingerprint density at radius 3 is 2.81 bits per heavy atom. The Labute approximate surface area is 124 Å². The lowest BCUT2D eigenvalue weighted by atomic mass is 9.95. The second-order valence-electron chi connectivity index (χ2n) is 5.65. The highest BCUT2D eigenvalue weighted by Gasteiger charge is 2.27. The summed E-state index contributed by atoms with van der Waals surface area (Å²) < 4.78 is 20.2. The van der Waals surface area contributed by atoms with Crippen molar-refractivity contribution < 1.29 is 9.13 Å². The van der Waals surface area contributed by atoms with Gasteiger partial charge in [-0.3, -0.25) is 9.58 Å². The van der Waals surface area contributed by atoms with Gasteiger partial charge in [-0.2, -0.15) is 5.10 Å². The molecule has 1 atom stereocenters. The van der Waals surface area contributed by atoms with Gasteiger partial charge in [-0.05, 0) is 17.7 Å². The van der Waals surface area contributed by atoms with Gasteiger partial charge in [0, 0.05) is 51.5 Å². The van der Waals surface area contributed by atoms with Crippen molar-refractivity contribution in [2.45, 2.75) is 19.0 Å². The van der Waals surface area contributed by atoms with Crippen molar-refractivity contribution in [1.29, 1.82) is 0 Å². The molecule has 0 amide bonds. The summed E-state index contributed by atoms with van der Waals surface area (Å²) in [4.78, 5) is 2.34. The van der Waals surface area contributed by atoms with Crippen LogP contribution in [0.1, 0.15) is 22.7 Å². The molecule has 1 aliphatic rings. The number of halogens is 1. The summed E-state index contributed by atoms with van der Waals surface area (Å²) in [5, 5.41) is 4.55. The number of aromatic nitrogens is 2. The van der Waals surface area contributed by atoms with Crippen LogP contribution in [0.4, 0.5) is 4.39 Å². The number of ether oxygens (including phenoxy) is 1. The predicted molar refractivity (Wildman–Crippen MR) is 78.3 cm³/mol. The predicted octanol–water partition coefficient (Wildman–Crippen LogP) is 2.31. The topological polar surface area (TPSA) is 30.3 Å². The van der Waals surface area contributed by atoms with Gasteiger partial charge in [0.25, 0.3) is 0 Å². The Balaban J connectivity index is 1.77. The second kappa shape index (κ2) is 5.95. The molecular weight excluding hydrogens is 269 g/mol. The molecule has 0 radical (unpaired) electrons. The van der Waals surface area contributed by atoms with Crippen molar-refractivity contribution in [3.05, 3.63) is 53.1 Å². The molecule has 0 N–H and O–H groups in total. The highest BCUT2D eigenvalue weighted by Crippen LogP contribution is 2.28. The van der Waals surface area contributed by atoms with E-state index in [-0.39, 0.29) is 5.82 Å². The third-order valence-corrected chi connectivity index (χ3v) is 3.92. The summed E-state index contributed by atoms with van der Waals surface area (Å²) in [6, 6.07) is 6.71. The first-order chi connectivity index (χ1) is 10.2. The van der Waals surface area contributed by atoms with Crippen molar-refractivity contribution in [1.82, 2.24) is 14.7 Å². The van der Waals surface area contributed by atoms with Crippen LogP contribution in [0.25, 0.3) is 0 Å². The van der Waals surface area contributed by atoms with Crippen molar-refractivity contribution in [2.24, 2.45) is 7.05 Å². The molecule has 0 spiro atoms. The lowest BCUT2D eigenvalue weighted by Gasteiger charge is -2.31. The van der Waals surface area contributed by atoms with Crippen LogP contribution >= 0.6 is 0 Å². The molecule has 1 aromatic heterocycles. The molecule has 1 unspecified atom stereocenters. The van der Waals surface area contributed by atoms with Gasteiger partial charge >= 0.3 is 0 Å². The van der Waals surface area contributed by atoms with E-state index in [1.165, 1.54) is 17.7 Å². The number of methoxy groups -OCH3 is 1. The van der Waals surface area contributed by atoms with Gasteiger partial charge in [0.15, 0.2) is 0 Å². The number of nitrogens with zero attached hydrogens (tertiary/aromatic N) is 3. The zero-order valence-corrected chi connectivity index (χ0v) is 12.4. The van der Waals surface area contributed by atoms with Crippen molar-refractivity contribution in [2.75, 3.05) is 20.3 Å². The van der Waals surface area contributed by atoms with Gasteiger partial charge in [0.2, 0.25) is 0 Å². The Morgan fingerprint density at radius 2 is 2.10 bits per heavy atom. The first kappa shape index (κ1) is 14.2. The van der Waals surface area contributed by atoms with E-state index in [0.717, 1.165) is 30.9 Å². The molecular formula is C16H20FN3O. The number of aryl methyl sites for hydroxylation is 1. The van der Waals surface area contributed by atoms with Crippen LogP contribution in [0.3, 0.4) is 0 Å². The lowest BCUT2D eigenvalue weighted by molar-refractivity contribution is 0.135. The molecule has 21 heavy (non-hydrogen) atoms. The summed E-state index contributed by atoms with van der Waals surface area (Å²) in [6.45, 7) is 3.26. The molecule has 0 fully saturated rings. The van der Waals surface area contributed by atoms with E-state index in [1.807, 2.05) is 23.9 Å². The van der Waals surface area contributed by atoms with Crippen molar-refractivity contribution in [3.8, 4) is 0 Å². The molecule has 0 saturated carbocycles. The van der Waals surface area contributed by atoms with E-state index >= 15 is 0 Å². The standard InChI is InChI=1S/C16H20FN3O/c1-19-9-15-13(11-21-2)8-20(10-16(15)18-19)7-12-3-5-14(17)6-4-12/h3-6,9,13H,7-8,10-11H2,1-2H3. The van der Waals surface area contributed by atoms with Crippen LogP contribution in [-0.2, 0) is 24.9 Å². The summed E-state index contributed by atoms with van der Waals surface area (Å²) >= 11 is 0. The molecule has 0 bridgehead atoms. The van der Waals surface area contributed by atoms with Gasteiger partial charge in [-0.25, -0.2) is 4.39 Å². The average Bonchev–Trinajstić information content (AvgIpc) is 2.82. The van der Waals surface area contributed by atoms with Gasteiger partial charge in [0.1, 0.15) is 5.82 Å². The minimum atomic E-state index is -0.193. The maximum absolute atomic E-state index is 13.0. The fourth-order valence-electron chi connectivity index (χ4n) is 3.02. The average molecular weight is 289 g/mol. The first-order valence-corrected chi connectivity index (χ1v) is 7.14. The lowest BCUT2D eigenvalue weighted by Crippen LogP contribution is -2.34. The van der Waals surface area contributed by atoms with Gasteiger partial charge < -0.3 is 4.74 Å². The maximum atomic E-state index is 13.0. The fraction of sp³-hybridized carbons (Fsp3) is 0.438. The number of hydrogen-bond acceptors (Lipinski definition) is 3. The quantitative estimate of drug-likeness (QED) is 0.865. The third kappa shape index (κ3) is 3.14. The first-order valence-electron chi connectivity index (χ1n) is 7.14. The summed E-state index contributed by atoms with van der Waals surface area (Å²) in [7, 11) is 3.68. The highest BCUT2D eigenvalue weighted by molar-refractivity contribution is 5.26.